The monoisotopic (exact) mass is 380 g/mol. The molecule has 0 radical (unpaired) electrons. The van der Waals surface area contributed by atoms with E-state index in [2.05, 4.69) is 21.4 Å². The minimum absolute atomic E-state index is 0.546. The average molecular weight is 381 g/mol. The van der Waals surface area contributed by atoms with Gasteiger partial charge in [0.2, 0.25) is 0 Å². The number of allylic oxidation sites excluding steroid dienone is 4. The van der Waals surface area contributed by atoms with Crippen molar-refractivity contribution >= 4 is 46.3 Å². The van der Waals surface area contributed by atoms with Crippen molar-refractivity contribution in [3.63, 3.8) is 0 Å². The Bertz CT molecular complexity index is 877. The van der Waals surface area contributed by atoms with Crippen molar-refractivity contribution in [2.45, 2.75) is 12.8 Å². The second-order valence-electron chi connectivity index (χ2n) is 5.71. The Balaban J connectivity index is 1.53. The van der Waals surface area contributed by atoms with Crippen molar-refractivity contribution in [2.75, 3.05) is 6.54 Å². The van der Waals surface area contributed by atoms with E-state index in [-0.39, 0.29) is 0 Å². The molecule has 0 bridgehead atoms. The molecule has 0 fully saturated rings. The molecule has 3 rings (SSSR count). The van der Waals surface area contributed by atoms with Crippen molar-refractivity contribution < 1.29 is 0 Å². The fourth-order valence-corrected chi connectivity index (χ4v) is 3.29. The lowest BCUT2D eigenvalue weighted by Gasteiger charge is -2.09. The summed E-state index contributed by atoms with van der Waals surface area (Å²) in [6.45, 7) is 0.691. The zero-order valence-electron chi connectivity index (χ0n) is 14.3. The Kier molecular flexibility index (Phi) is 6.46. The predicted octanol–water partition coefficient (Wildman–Crippen LogP) is 4.16. The molecule has 1 aromatic heterocycles. The first-order chi connectivity index (χ1) is 12.7. The van der Waals surface area contributed by atoms with Crippen LogP contribution in [0.5, 0.6) is 0 Å². The van der Waals surface area contributed by atoms with Gasteiger partial charge in [-0.05, 0) is 41.6 Å². The van der Waals surface area contributed by atoms with Crippen LogP contribution in [0.25, 0.3) is 0 Å². The largest absolute Gasteiger partial charge is 0.383 e. The molecule has 0 saturated heterocycles. The number of benzene rings is 1. The number of aliphatic imine (C=N–C) groups is 2. The smallest absolute Gasteiger partial charge is 0.141 e. The number of thiocarbonyl (C=S) groups is 1. The summed E-state index contributed by atoms with van der Waals surface area (Å²) in [6.07, 6.45) is 9.38. The lowest BCUT2D eigenvalue weighted by atomic mass is 10.1. The maximum Gasteiger partial charge on any atom is 0.141 e. The van der Waals surface area contributed by atoms with Crippen LogP contribution >= 0.6 is 23.6 Å². The molecular formula is C20H20N4S2. The molecule has 0 atom stereocenters. The standard InChI is InChI=1S/C20H20N4S2/c21-20(19-9-4-12-26-19)24-16-6-3-5-15(13-16)10-11-22-14-23-17-7-1-2-8-18(17)25/h1-7,9,12-14H,8,10-11H2,(H2,21,24)(H,22,23). The molecule has 4 nitrogen and oxygen atoms in total. The normalized spacial score (nSPS) is 14.7. The maximum absolute atomic E-state index is 6.05. The Morgan fingerprint density at radius 1 is 1.31 bits per heavy atom. The van der Waals surface area contributed by atoms with Gasteiger partial charge in [-0.25, -0.2) is 4.99 Å². The minimum atomic E-state index is 0.546. The van der Waals surface area contributed by atoms with Gasteiger partial charge >= 0.3 is 0 Å². The fraction of sp³-hybridized carbons (Fsp3) is 0.150. The van der Waals surface area contributed by atoms with Gasteiger partial charge in [0.05, 0.1) is 22.6 Å². The molecule has 0 unspecified atom stereocenters. The number of nitrogens with two attached hydrogens (primary N) is 1. The van der Waals surface area contributed by atoms with E-state index in [1.165, 1.54) is 5.56 Å². The lowest BCUT2D eigenvalue weighted by Crippen LogP contribution is -2.18. The second kappa shape index (κ2) is 9.22. The first-order valence-corrected chi connectivity index (χ1v) is 9.63. The van der Waals surface area contributed by atoms with Crippen molar-refractivity contribution in [2.24, 2.45) is 15.7 Å². The molecule has 1 aromatic carbocycles. The highest BCUT2D eigenvalue weighted by Crippen LogP contribution is 2.17. The van der Waals surface area contributed by atoms with Crippen molar-refractivity contribution in [3.8, 4) is 0 Å². The van der Waals surface area contributed by atoms with Crippen molar-refractivity contribution in [1.82, 2.24) is 5.32 Å². The zero-order chi connectivity index (χ0) is 18.2. The molecule has 0 saturated carbocycles. The second-order valence-corrected chi connectivity index (χ2v) is 7.15. The number of rotatable bonds is 7. The third kappa shape index (κ3) is 5.21. The van der Waals surface area contributed by atoms with E-state index in [0.29, 0.717) is 12.4 Å². The lowest BCUT2D eigenvalue weighted by molar-refractivity contribution is 0.964. The predicted molar refractivity (Wildman–Crippen MR) is 116 cm³/mol. The van der Waals surface area contributed by atoms with E-state index >= 15 is 0 Å². The molecule has 26 heavy (non-hydrogen) atoms. The van der Waals surface area contributed by atoms with Gasteiger partial charge in [-0.3, -0.25) is 4.99 Å². The average Bonchev–Trinajstić information content (AvgIpc) is 3.18. The summed E-state index contributed by atoms with van der Waals surface area (Å²) in [5.74, 6) is 0.546. The van der Waals surface area contributed by atoms with Crippen LogP contribution in [-0.4, -0.2) is 23.6 Å². The fourth-order valence-electron chi connectivity index (χ4n) is 2.44. The number of nitrogens with zero attached hydrogens (tertiary/aromatic N) is 2. The Hall–Kier alpha value is -2.57. The summed E-state index contributed by atoms with van der Waals surface area (Å²) in [5, 5.41) is 5.14. The third-order valence-corrected chi connectivity index (χ3v) is 5.06. The Morgan fingerprint density at radius 2 is 2.23 bits per heavy atom. The molecule has 1 aliphatic rings. The van der Waals surface area contributed by atoms with E-state index < -0.39 is 0 Å². The Morgan fingerprint density at radius 3 is 3.04 bits per heavy atom. The van der Waals surface area contributed by atoms with Gasteiger partial charge < -0.3 is 11.1 Å². The van der Waals surface area contributed by atoms with Gasteiger partial charge in [-0.1, -0.05) is 42.6 Å². The molecule has 1 heterocycles. The van der Waals surface area contributed by atoms with Crippen molar-refractivity contribution in [1.29, 1.82) is 0 Å². The van der Waals surface area contributed by atoms with Crippen LogP contribution in [0.15, 0.2) is 75.7 Å². The van der Waals surface area contributed by atoms with Crippen LogP contribution in [0.3, 0.4) is 0 Å². The van der Waals surface area contributed by atoms with E-state index in [1.807, 2.05) is 53.9 Å². The number of nitrogens with one attached hydrogen (secondary N) is 1. The van der Waals surface area contributed by atoms with Gasteiger partial charge in [-0.15, -0.1) is 11.3 Å². The van der Waals surface area contributed by atoms with E-state index in [9.17, 15) is 0 Å². The van der Waals surface area contributed by atoms with Crippen molar-refractivity contribution in [3.05, 3.63) is 76.1 Å². The zero-order valence-corrected chi connectivity index (χ0v) is 15.9. The van der Waals surface area contributed by atoms with Gasteiger partial charge in [0, 0.05) is 17.8 Å². The molecule has 1 aliphatic carbocycles. The minimum Gasteiger partial charge on any atom is -0.383 e. The van der Waals surface area contributed by atoms with Gasteiger partial charge in [0.25, 0.3) is 0 Å². The summed E-state index contributed by atoms with van der Waals surface area (Å²) < 4.78 is 0. The van der Waals surface area contributed by atoms with E-state index in [1.54, 1.807) is 17.7 Å². The highest BCUT2D eigenvalue weighted by Gasteiger charge is 2.04. The van der Waals surface area contributed by atoms with Crippen LogP contribution in [-0.2, 0) is 6.42 Å². The molecule has 2 aromatic rings. The molecule has 6 heteroatoms. The summed E-state index contributed by atoms with van der Waals surface area (Å²) in [7, 11) is 0. The number of amidine groups is 1. The summed E-state index contributed by atoms with van der Waals surface area (Å²) in [6, 6.07) is 12.0. The quantitative estimate of drug-likeness (QED) is 0.431. The summed E-state index contributed by atoms with van der Waals surface area (Å²) in [4.78, 5) is 10.8. The van der Waals surface area contributed by atoms with E-state index in [4.69, 9.17) is 18.0 Å². The SMILES string of the molecule is NC(=Nc1cccc(CCN=CNC2=CC=CCC2=S)c1)c1cccs1. The van der Waals surface area contributed by atoms with Gasteiger partial charge in [0.15, 0.2) is 0 Å². The number of hydrogen-bond donors (Lipinski definition) is 2. The highest BCUT2D eigenvalue weighted by molar-refractivity contribution is 7.80. The topological polar surface area (TPSA) is 62.8 Å². The first-order valence-electron chi connectivity index (χ1n) is 8.34. The number of thiophene rings is 1. The van der Waals surface area contributed by atoms with Crippen LogP contribution in [0.1, 0.15) is 16.9 Å². The maximum atomic E-state index is 6.05. The summed E-state index contributed by atoms with van der Waals surface area (Å²) in [5.41, 5.74) is 9.04. The number of hydrogen-bond acceptors (Lipinski definition) is 4. The third-order valence-electron chi connectivity index (χ3n) is 3.78. The molecular weight excluding hydrogens is 360 g/mol. The van der Waals surface area contributed by atoms with Crippen LogP contribution in [0, 0.1) is 0 Å². The Labute approximate surface area is 162 Å². The van der Waals surface area contributed by atoms with Crippen LogP contribution in [0.2, 0.25) is 0 Å². The molecule has 0 aliphatic heterocycles. The highest BCUT2D eigenvalue weighted by atomic mass is 32.1. The molecule has 3 N–H and O–H groups in total. The molecule has 0 spiro atoms. The molecule has 0 amide bonds. The van der Waals surface area contributed by atoms with Gasteiger partial charge in [0.1, 0.15) is 5.84 Å². The van der Waals surface area contributed by atoms with Crippen LogP contribution in [0.4, 0.5) is 5.69 Å². The first kappa shape index (κ1) is 18.2. The van der Waals surface area contributed by atoms with Crippen LogP contribution < -0.4 is 11.1 Å². The summed E-state index contributed by atoms with van der Waals surface area (Å²) >= 11 is 6.88. The van der Waals surface area contributed by atoms with Gasteiger partial charge in [-0.2, -0.15) is 0 Å². The van der Waals surface area contributed by atoms with E-state index in [0.717, 1.165) is 34.0 Å². The molecule has 132 valence electrons.